The van der Waals surface area contributed by atoms with E-state index >= 15 is 0 Å². The molecule has 36 heavy (non-hydrogen) atoms. The molecule has 6 rings (SSSR count). The summed E-state index contributed by atoms with van der Waals surface area (Å²) in [6.45, 7) is 1.18. The van der Waals surface area contributed by atoms with Gasteiger partial charge in [-0.1, -0.05) is 24.3 Å². The number of amides is 1. The Morgan fingerprint density at radius 1 is 1.00 bits per heavy atom. The van der Waals surface area contributed by atoms with Gasteiger partial charge in [0.15, 0.2) is 0 Å². The van der Waals surface area contributed by atoms with Gasteiger partial charge in [-0.25, -0.2) is 4.39 Å². The Bertz CT molecular complexity index is 1660. The highest BCUT2D eigenvalue weighted by molar-refractivity contribution is 5.98. The van der Waals surface area contributed by atoms with E-state index in [2.05, 4.69) is 9.97 Å². The minimum absolute atomic E-state index is 0.0727. The van der Waals surface area contributed by atoms with E-state index in [1.807, 2.05) is 42.6 Å². The number of hydrogen-bond donors (Lipinski definition) is 1. The Balaban J connectivity index is 1.42. The van der Waals surface area contributed by atoms with Crippen LogP contribution in [-0.4, -0.2) is 31.9 Å². The molecule has 5 aromatic rings. The lowest BCUT2D eigenvalue weighted by molar-refractivity contribution is 0.0732. The van der Waals surface area contributed by atoms with Crippen molar-refractivity contribution < 1.29 is 9.18 Å². The van der Waals surface area contributed by atoms with E-state index in [-0.39, 0.29) is 17.0 Å². The first-order valence-electron chi connectivity index (χ1n) is 11.8. The third kappa shape index (κ3) is 3.88. The Hall–Kier alpha value is -4.52. The van der Waals surface area contributed by atoms with Crippen molar-refractivity contribution in [2.75, 3.05) is 6.54 Å². The first-order valence-corrected chi connectivity index (χ1v) is 11.8. The zero-order chi connectivity index (χ0) is 24.6. The van der Waals surface area contributed by atoms with Gasteiger partial charge >= 0.3 is 0 Å². The average Bonchev–Trinajstić information content (AvgIpc) is 3.38. The van der Waals surface area contributed by atoms with Crippen molar-refractivity contribution in [1.29, 1.82) is 0 Å². The summed E-state index contributed by atoms with van der Waals surface area (Å²) in [5.41, 5.74) is 4.48. The predicted octanol–water partition coefficient (Wildman–Crippen LogP) is 4.78. The number of carbonyl (C=O) groups excluding carboxylic acids is 1. The number of hydrogen-bond acceptors (Lipinski definition) is 3. The molecule has 1 aliphatic heterocycles. The van der Waals surface area contributed by atoms with Gasteiger partial charge < -0.3 is 14.5 Å². The van der Waals surface area contributed by atoms with E-state index in [1.165, 1.54) is 6.07 Å². The van der Waals surface area contributed by atoms with Crippen LogP contribution in [0.4, 0.5) is 4.39 Å². The highest BCUT2D eigenvalue weighted by atomic mass is 19.1. The number of H-pyrrole nitrogens is 1. The van der Waals surface area contributed by atoms with Crippen molar-refractivity contribution in [3.8, 4) is 11.1 Å². The van der Waals surface area contributed by atoms with Crippen molar-refractivity contribution in [2.24, 2.45) is 0 Å². The average molecular weight is 479 g/mol. The van der Waals surface area contributed by atoms with Crippen LogP contribution in [0.2, 0.25) is 0 Å². The largest absolute Gasteiger partial charge is 0.361 e. The monoisotopic (exact) mass is 478 g/mol. The number of halogens is 1. The molecule has 4 heterocycles. The van der Waals surface area contributed by atoms with Gasteiger partial charge in [0.05, 0.1) is 12.1 Å². The van der Waals surface area contributed by atoms with Gasteiger partial charge in [0, 0.05) is 60.4 Å². The molecule has 0 atom stereocenters. The summed E-state index contributed by atoms with van der Waals surface area (Å²) in [5.74, 6) is -0.524. The summed E-state index contributed by atoms with van der Waals surface area (Å²) in [4.78, 5) is 36.0. The number of fused-ring (bicyclic) bond motifs is 2. The van der Waals surface area contributed by atoms with Crippen molar-refractivity contribution in [1.82, 2.24) is 19.4 Å². The van der Waals surface area contributed by atoms with Crippen molar-refractivity contribution >= 4 is 16.8 Å². The zero-order valence-corrected chi connectivity index (χ0v) is 19.4. The number of benzene rings is 2. The summed E-state index contributed by atoms with van der Waals surface area (Å²) in [6, 6.07) is 19.4. The Morgan fingerprint density at radius 3 is 2.67 bits per heavy atom. The van der Waals surface area contributed by atoms with Gasteiger partial charge in [0.2, 0.25) is 0 Å². The van der Waals surface area contributed by atoms with Gasteiger partial charge in [-0.05, 0) is 59.0 Å². The molecule has 0 spiro atoms. The van der Waals surface area contributed by atoms with Crippen LogP contribution in [0.25, 0.3) is 22.0 Å². The number of aromatic nitrogens is 3. The molecule has 1 N–H and O–H groups in total. The number of aromatic amines is 1. The third-order valence-corrected chi connectivity index (χ3v) is 6.81. The number of rotatable bonds is 4. The number of nitrogens with zero attached hydrogens (tertiary/aromatic N) is 3. The summed E-state index contributed by atoms with van der Waals surface area (Å²) in [7, 11) is 0. The molecule has 1 aliphatic rings. The predicted molar refractivity (Wildman–Crippen MR) is 136 cm³/mol. The molecule has 7 heteroatoms. The van der Waals surface area contributed by atoms with E-state index in [9.17, 15) is 14.0 Å². The smallest absolute Gasteiger partial charge is 0.259 e. The molecule has 0 unspecified atom stereocenters. The van der Waals surface area contributed by atoms with Crippen LogP contribution >= 0.6 is 0 Å². The standard InChI is InChI=1S/C29H23FN4O2/c30-25-4-2-1-3-23(25)24-15-22-18-33(28(35)21-6-5-20-9-13-32-26(20)16-21)14-10-27(22)34(29(24)36)17-19-7-11-31-12-8-19/h1-9,11-13,15-16,32H,10,14,17-18H2. The van der Waals surface area contributed by atoms with Crippen LogP contribution in [0.1, 0.15) is 27.2 Å². The Morgan fingerprint density at radius 2 is 1.83 bits per heavy atom. The third-order valence-electron chi connectivity index (χ3n) is 6.81. The van der Waals surface area contributed by atoms with Crippen molar-refractivity contribution in [2.45, 2.75) is 19.5 Å². The molecule has 0 saturated heterocycles. The minimum Gasteiger partial charge on any atom is -0.361 e. The van der Waals surface area contributed by atoms with E-state index in [1.54, 1.807) is 46.1 Å². The van der Waals surface area contributed by atoms with Gasteiger partial charge in [-0.2, -0.15) is 0 Å². The van der Waals surface area contributed by atoms with Crippen LogP contribution in [-0.2, 0) is 19.5 Å². The first-order chi connectivity index (χ1) is 17.6. The number of carbonyl (C=O) groups is 1. The van der Waals surface area contributed by atoms with Crippen molar-refractivity contribution in [3.63, 3.8) is 0 Å². The van der Waals surface area contributed by atoms with Crippen LogP contribution in [0, 0.1) is 5.82 Å². The number of nitrogens with one attached hydrogen (secondary N) is 1. The van der Waals surface area contributed by atoms with E-state index in [4.69, 9.17) is 0 Å². The lowest BCUT2D eigenvalue weighted by Crippen LogP contribution is -2.39. The van der Waals surface area contributed by atoms with Gasteiger partial charge in [0.1, 0.15) is 5.82 Å². The first kappa shape index (κ1) is 22.0. The lowest BCUT2D eigenvalue weighted by atomic mass is 9.98. The highest BCUT2D eigenvalue weighted by Gasteiger charge is 2.26. The van der Waals surface area contributed by atoms with Crippen LogP contribution in [0.3, 0.4) is 0 Å². The van der Waals surface area contributed by atoms with E-state index in [0.717, 1.165) is 27.7 Å². The van der Waals surface area contributed by atoms with Crippen molar-refractivity contribution in [3.05, 3.63) is 124 Å². The summed E-state index contributed by atoms with van der Waals surface area (Å²) < 4.78 is 16.5. The second-order valence-electron chi connectivity index (χ2n) is 9.01. The molecular formula is C29H23FN4O2. The van der Waals surface area contributed by atoms with Crippen LogP contribution < -0.4 is 5.56 Å². The van der Waals surface area contributed by atoms with Crippen LogP contribution in [0.15, 0.2) is 90.1 Å². The maximum Gasteiger partial charge on any atom is 0.259 e. The lowest BCUT2D eigenvalue weighted by Gasteiger charge is -2.31. The maximum atomic E-state index is 14.7. The van der Waals surface area contributed by atoms with Crippen LogP contribution in [0.5, 0.6) is 0 Å². The van der Waals surface area contributed by atoms with Gasteiger partial charge in [-0.3, -0.25) is 14.6 Å². The Labute approximate surface area is 206 Å². The fourth-order valence-electron chi connectivity index (χ4n) is 4.97. The normalized spacial score (nSPS) is 13.1. The minimum atomic E-state index is -0.451. The fraction of sp³-hybridized carbons (Fsp3) is 0.138. The molecule has 0 bridgehead atoms. The molecule has 0 saturated carbocycles. The van der Waals surface area contributed by atoms with Gasteiger partial charge in [0.25, 0.3) is 11.5 Å². The molecule has 0 aliphatic carbocycles. The SMILES string of the molecule is O=C(c1ccc2cc[nH]c2c1)N1CCc2c(cc(-c3ccccc3F)c(=O)n2Cc2ccncc2)C1. The fourth-order valence-corrected chi connectivity index (χ4v) is 4.97. The second-order valence-corrected chi connectivity index (χ2v) is 9.01. The molecular weight excluding hydrogens is 455 g/mol. The second kappa shape index (κ2) is 8.92. The molecule has 178 valence electrons. The molecule has 2 aromatic carbocycles. The molecule has 6 nitrogen and oxygen atoms in total. The summed E-state index contributed by atoms with van der Waals surface area (Å²) in [5, 5.41) is 1.05. The highest BCUT2D eigenvalue weighted by Crippen LogP contribution is 2.27. The Kier molecular flexibility index (Phi) is 5.45. The molecule has 1 amide bonds. The molecule has 0 fully saturated rings. The topological polar surface area (TPSA) is 71.0 Å². The van der Waals surface area contributed by atoms with Gasteiger partial charge in [-0.15, -0.1) is 0 Å². The zero-order valence-electron chi connectivity index (χ0n) is 19.4. The molecule has 3 aromatic heterocycles. The number of pyridine rings is 2. The van der Waals surface area contributed by atoms with E-state index in [0.29, 0.717) is 37.2 Å². The summed E-state index contributed by atoms with van der Waals surface area (Å²) in [6.07, 6.45) is 5.76. The summed E-state index contributed by atoms with van der Waals surface area (Å²) >= 11 is 0. The molecule has 0 radical (unpaired) electrons. The van der Waals surface area contributed by atoms with E-state index < -0.39 is 5.82 Å². The quantitative estimate of drug-likeness (QED) is 0.404. The maximum absolute atomic E-state index is 14.7.